The molecule has 0 spiro atoms. The second-order valence-electron chi connectivity index (χ2n) is 2.97. The minimum absolute atomic E-state index is 0.312. The molecule has 3 heteroatoms. The molecule has 0 aromatic heterocycles. The molecule has 0 aromatic carbocycles. The van der Waals surface area contributed by atoms with Crippen LogP contribution in [0.4, 0.5) is 0 Å². The van der Waals surface area contributed by atoms with E-state index < -0.39 is 0 Å². The van der Waals surface area contributed by atoms with Gasteiger partial charge < -0.3 is 0 Å². The van der Waals surface area contributed by atoms with Crippen molar-refractivity contribution in [1.82, 2.24) is 5.32 Å². The summed E-state index contributed by atoms with van der Waals surface area (Å²) in [5.41, 5.74) is 0. The van der Waals surface area contributed by atoms with Gasteiger partial charge in [-0.3, -0.25) is 10.3 Å². The summed E-state index contributed by atoms with van der Waals surface area (Å²) in [5.74, 6) is 0.542. The van der Waals surface area contributed by atoms with Crippen LogP contribution < -0.4 is 5.32 Å². The minimum atomic E-state index is 0.312. The summed E-state index contributed by atoms with van der Waals surface area (Å²) in [6.45, 7) is 2.18. The van der Waals surface area contributed by atoms with Gasteiger partial charge in [-0.25, -0.2) is 4.99 Å². The third-order valence-corrected chi connectivity index (χ3v) is 2.06. The van der Waals surface area contributed by atoms with Crippen molar-refractivity contribution in [3.8, 4) is 0 Å². The van der Waals surface area contributed by atoms with Gasteiger partial charge in [-0.05, 0) is 13.3 Å². The fraction of sp³-hybridized carbons (Fsp3) is 0.714. The van der Waals surface area contributed by atoms with E-state index in [1.807, 2.05) is 6.21 Å². The minimum Gasteiger partial charge on any atom is -0.293 e. The van der Waals surface area contributed by atoms with Crippen LogP contribution in [-0.4, -0.2) is 24.8 Å². The van der Waals surface area contributed by atoms with Crippen LogP contribution in [0.15, 0.2) is 9.98 Å². The molecule has 2 aliphatic heterocycles. The zero-order valence-corrected chi connectivity index (χ0v) is 5.99. The van der Waals surface area contributed by atoms with Crippen molar-refractivity contribution in [1.29, 1.82) is 0 Å². The normalized spacial score (nSPS) is 43.9. The molecule has 1 N–H and O–H groups in total. The lowest BCUT2D eigenvalue weighted by Gasteiger charge is -2.12. The molecule has 3 unspecified atom stereocenters. The Bertz CT molecular complexity index is 165. The van der Waals surface area contributed by atoms with Crippen LogP contribution in [0.25, 0.3) is 0 Å². The summed E-state index contributed by atoms with van der Waals surface area (Å²) in [6, 6.07) is 0.594. The molecule has 2 rings (SSSR count). The molecule has 54 valence electrons. The van der Waals surface area contributed by atoms with Crippen LogP contribution in [0.5, 0.6) is 0 Å². The van der Waals surface area contributed by atoms with Crippen molar-refractivity contribution < 1.29 is 0 Å². The Morgan fingerprint density at radius 2 is 2.50 bits per heavy atom. The molecule has 2 aliphatic rings. The van der Waals surface area contributed by atoms with Crippen molar-refractivity contribution in [3.63, 3.8) is 0 Å². The second kappa shape index (κ2) is 2.16. The molecule has 0 aliphatic carbocycles. The summed E-state index contributed by atoms with van der Waals surface area (Å²) < 4.78 is 0. The van der Waals surface area contributed by atoms with Crippen LogP contribution in [0, 0.1) is 5.92 Å². The number of aliphatic imine (C=N–C) groups is 2. The second-order valence-corrected chi connectivity index (χ2v) is 2.97. The predicted octanol–water partition coefficient (Wildman–Crippen LogP) is 0.423. The maximum absolute atomic E-state index is 4.21. The summed E-state index contributed by atoms with van der Waals surface area (Å²) in [7, 11) is 0. The van der Waals surface area contributed by atoms with E-state index in [1.165, 1.54) is 6.42 Å². The first-order chi connectivity index (χ1) is 4.86. The van der Waals surface area contributed by atoms with Crippen molar-refractivity contribution in [2.75, 3.05) is 0 Å². The third kappa shape index (κ3) is 0.865. The van der Waals surface area contributed by atoms with Crippen LogP contribution in [0.2, 0.25) is 0 Å². The monoisotopic (exact) mass is 137 g/mol. The molecule has 0 aromatic rings. The fourth-order valence-corrected chi connectivity index (χ4v) is 1.58. The van der Waals surface area contributed by atoms with Gasteiger partial charge in [0.2, 0.25) is 0 Å². The lowest BCUT2D eigenvalue weighted by atomic mass is 10.1. The van der Waals surface area contributed by atoms with Gasteiger partial charge in [0.15, 0.2) is 0 Å². The molecule has 0 bridgehead atoms. The third-order valence-electron chi connectivity index (χ3n) is 2.06. The molecule has 10 heavy (non-hydrogen) atoms. The van der Waals surface area contributed by atoms with Gasteiger partial charge in [0.25, 0.3) is 0 Å². The Kier molecular flexibility index (Phi) is 1.31. The summed E-state index contributed by atoms with van der Waals surface area (Å²) in [6.07, 6.45) is 5.11. The highest BCUT2D eigenvalue weighted by Gasteiger charge is 2.30. The SMILES string of the molecule is CC1CC2C=NC=NC2N1. The van der Waals surface area contributed by atoms with E-state index in [1.54, 1.807) is 6.34 Å². The highest BCUT2D eigenvalue weighted by Crippen LogP contribution is 2.20. The van der Waals surface area contributed by atoms with Crippen molar-refractivity contribution in [2.45, 2.75) is 25.6 Å². The molecular weight excluding hydrogens is 126 g/mol. The molecule has 2 heterocycles. The highest BCUT2D eigenvalue weighted by molar-refractivity contribution is 5.77. The Balaban J connectivity index is 2.14. The molecule has 0 radical (unpaired) electrons. The van der Waals surface area contributed by atoms with E-state index in [0.29, 0.717) is 18.1 Å². The fourth-order valence-electron chi connectivity index (χ4n) is 1.58. The standard InChI is InChI=1S/C7H11N3/c1-5-2-6-3-8-4-9-7(6)10-5/h3-7,10H,2H2,1H3. The lowest BCUT2D eigenvalue weighted by Crippen LogP contribution is -2.29. The first-order valence-electron chi connectivity index (χ1n) is 3.67. The number of hydrogen-bond acceptors (Lipinski definition) is 3. The molecule has 3 nitrogen and oxygen atoms in total. The van der Waals surface area contributed by atoms with Gasteiger partial charge in [0.1, 0.15) is 12.5 Å². The van der Waals surface area contributed by atoms with E-state index in [2.05, 4.69) is 22.2 Å². The van der Waals surface area contributed by atoms with Gasteiger partial charge in [0, 0.05) is 18.2 Å². The smallest absolute Gasteiger partial charge is 0.111 e. The number of fused-ring (bicyclic) bond motifs is 1. The molecular formula is C7H11N3. The Morgan fingerprint density at radius 3 is 3.30 bits per heavy atom. The maximum atomic E-state index is 4.21. The maximum Gasteiger partial charge on any atom is 0.111 e. The van der Waals surface area contributed by atoms with Crippen molar-refractivity contribution >= 4 is 12.6 Å². The van der Waals surface area contributed by atoms with E-state index in [4.69, 9.17) is 0 Å². The molecule has 1 saturated heterocycles. The molecule has 3 atom stereocenters. The van der Waals surface area contributed by atoms with Gasteiger partial charge in [-0.1, -0.05) is 0 Å². The number of hydrogen-bond donors (Lipinski definition) is 1. The van der Waals surface area contributed by atoms with Crippen molar-refractivity contribution in [2.24, 2.45) is 15.9 Å². The van der Waals surface area contributed by atoms with E-state index in [9.17, 15) is 0 Å². The van der Waals surface area contributed by atoms with E-state index in [0.717, 1.165) is 0 Å². The average Bonchev–Trinajstić information content (AvgIpc) is 2.27. The van der Waals surface area contributed by atoms with Crippen LogP contribution in [0.1, 0.15) is 13.3 Å². The zero-order valence-electron chi connectivity index (χ0n) is 5.99. The summed E-state index contributed by atoms with van der Waals surface area (Å²) in [4.78, 5) is 8.21. The zero-order chi connectivity index (χ0) is 6.97. The quantitative estimate of drug-likeness (QED) is 0.516. The topological polar surface area (TPSA) is 36.8 Å². The first-order valence-corrected chi connectivity index (χ1v) is 3.67. The number of nitrogens with one attached hydrogen (secondary N) is 1. The van der Waals surface area contributed by atoms with E-state index >= 15 is 0 Å². The van der Waals surface area contributed by atoms with Gasteiger partial charge >= 0.3 is 0 Å². The number of nitrogens with zero attached hydrogens (tertiary/aromatic N) is 2. The Morgan fingerprint density at radius 1 is 1.60 bits per heavy atom. The number of rotatable bonds is 0. The first kappa shape index (κ1) is 6.04. The summed E-state index contributed by atoms with van der Waals surface area (Å²) >= 11 is 0. The lowest BCUT2D eigenvalue weighted by molar-refractivity contribution is 0.554. The van der Waals surface area contributed by atoms with Gasteiger partial charge in [0.05, 0.1) is 0 Å². The van der Waals surface area contributed by atoms with E-state index in [-0.39, 0.29) is 0 Å². The summed E-state index contributed by atoms with van der Waals surface area (Å²) in [5, 5.41) is 3.37. The molecule has 0 saturated carbocycles. The molecule has 1 fully saturated rings. The van der Waals surface area contributed by atoms with Crippen LogP contribution in [-0.2, 0) is 0 Å². The van der Waals surface area contributed by atoms with Crippen LogP contribution >= 0.6 is 0 Å². The largest absolute Gasteiger partial charge is 0.293 e. The van der Waals surface area contributed by atoms with Gasteiger partial charge in [-0.15, -0.1) is 0 Å². The highest BCUT2D eigenvalue weighted by atomic mass is 15.2. The molecule has 0 amide bonds. The van der Waals surface area contributed by atoms with Crippen LogP contribution in [0.3, 0.4) is 0 Å². The predicted molar refractivity (Wildman–Crippen MR) is 41.5 cm³/mol. The Labute approximate surface area is 60.3 Å². The van der Waals surface area contributed by atoms with Crippen molar-refractivity contribution in [3.05, 3.63) is 0 Å². The average molecular weight is 137 g/mol. The Hall–Kier alpha value is -0.700. The van der Waals surface area contributed by atoms with Gasteiger partial charge in [-0.2, -0.15) is 0 Å².